The van der Waals surface area contributed by atoms with Gasteiger partial charge in [0.05, 0.1) is 5.75 Å². The van der Waals surface area contributed by atoms with Gasteiger partial charge in [-0.1, -0.05) is 11.8 Å². The number of alkyl halides is 2. The zero-order valence-electron chi connectivity index (χ0n) is 11.3. The third kappa shape index (κ3) is 3.77. The second-order valence-electron chi connectivity index (χ2n) is 4.41. The number of carbonyl (C=O) groups is 1. The number of fused-ring (bicyclic) bond motifs is 1. The van der Waals surface area contributed by atoms with Crippen LogP contribution in [-0.2, 0) is 4.79 Å². The standard InChI is InChI=1S/C13H9F2N3O4S/c14-13(15)21-8-2-1-7(5-9(8)22-13)17-11(20)6-23-12-16-4-3-10(19)18-12/h1-5H,6H2,(H,17,20)(H,16,18,19). The molecular weight excluding hydrogens is 332 g/mol. The molecular formula is C13H9F2N3O4S. The van der Waals surface area contributed by atoms with Crippen LogP contribution in [0.15, 0.2) is 40.4 Å². The van der Waals surface area contributed by atoms with Crippen molar-refractivity contribution in [2.24, 2.45) is 0 Å². The Kier molecular flexibility index (Phi) is 3.90. The molecule has 1 aromatic heterocycles. The van der Waals surface area contributed by atoms with E-state index in [1.54, 1.807) is 0 Å². The van der Waals surface area contributed by atoms with Crippen LogP contribution in [0.25, 0.3) is 0 Å². The lowest BCUT2D eigenvalue weighted by Gasteiger charge is -2.05. The fourth-order valence-electron chi connectivity index (χ4n) is 1.78. The molecule has 0 saturated carbocycles. The molecule has 0 radical (unpaired) electrons. The average Bonchev–Trinajstić information content (AvgIpc) is 2.78. The van der Waals surface area contributed by atoms with E-state index in [2.05, 4.69) is 24.8 Å². The van der Waals surface area contributed by atoms with E-state index >= 15 is 0 Å². The molecule has 1 amide bonds. The van der Waals surface area contributed by atoms with Gasteiger partial charge in [0.1, 0.15) is 0 Å². The molecule has 0 saturated heterocycles. The van der Waals surface area contributed by atoms with Gasteiger partial charge in [0.2, 0.25) is 5.91 Å². The maximum Gasteiger partial charge on any atom is 0.586 e. The molecule has 0 bridgehead atoms. The minimum Gasteiger partial charge on any atom is -0.395 e. The van der Waals surface area contributed by atoms with Gasteiger partial charge in [0.15, 0.2) is 16.7 Å². The molecule has 0 atom stereocenters. The van der Waals surface area contributed by atoms with Crippen LogP contribution in [0.2, 0.25) is 0 Å². The second kappa shape index (κ2) is 5.88. The quantitative estimate of drug-likeness (QED) is 0.651. The number of H-pyrrole nitrogens is 1. The first kappa shape index (κ1) is 15.3. The number of hydrogen-bond donors (Lipinski definition) is 2. The molecule has 2 aromatic rings. The molecule has 2 heterocycles. The predicted molar refractivity (Wildman–Crippen MR) is 76.9 cm³/mol. The van der Waals surface area contributed by atoms with Crippen LogP contribution in [-0.4, -0.2) is 27.9 Å². The Morgan fingerprint density at radius 1 is 1.30 bits per heavy atom. The highest BCUT2D eigenvalue weighted by molar-refractivity contribution is 7.99. The number of nitrogens with zero attached hydrogens (tertiary/aromatic N) is 1. The summed E-state index contributed by atoms with van der Waals surface area (Å²) in [6.45, 7) is 0. The molecule has 1 aromatic carbocycles. The summed E-state index contributed by atoms with van der Waals surface area (Å²) in [5, 5.41) is 2.83. The summed E-state index contributed by atoms with van der Waals surface area (Å²) in [6, 6.07) is 5.18. The molecule has 2 N–H and O–H groups in total. The highest BCUT2D eigenvalue weighted by Crippen LogP contribution is 2.42. The topological polar surface area (TPSA) is 93.3 Å². The zero-order valence-corrected chi connectivity index (χ0v) is 12.2. The van der Waals surface area contributed by atoms with Gasteiger partial charge in [-0.15, -0.1) is 8.78 Å². The normalized spacial score (nSPS) is 14.5. The number of hydrogen-bond acceptors (Lipinski definition) is 6. The molecule has 0 aliphatic carbocycles. The Labute approximate surface area is 132 Å². The first-order valence-electron chi connectivity index (χ1n) is 6.29. The van der Waals surface area contributed by atoms with Gasteiger partial charge in [0.25, 0.3) is 5.56 Å². The van der Waals surface area contributed by atoms with E-state index in [1.807, 2.05) is 0 Å². The third-order valence-electron chi connectivity index (χ3n) is 2.67. The number of anilines is 1. The van der Waals surface area contributed by atoms with Crippen molar-refractivity contribution >= 4 is 23.4 Å². The van der Waals surface area contributed by atoms with Gasteiger partial charge in [-0.2, -0.15) is 0 Å². The van der Waals surface area contributed by atoms with E-state index in [0.717, 1.165) is 11.8 Å². The number of amides is 1. The monoisotopic (exact) mass is 341 g/mol. The molecule has 120 valence electrons. The lowest BCUT2D eigenvalue weighted by Crippen LogP contribution is -2.25. The molecule has 0 spiro atoms. The van der Waals surface area contributed by atoms with E-state index in [9.17, 15) is 18.4 Å². The lowest BCUT2D eigenvalue weighted by molar-refractivity contribution is -0.286. The van der Waals surface area contributed by atoms with E-state index in [0.29, 0.717) is 5.16 Å². The SMILES string of the molecule is O=C(CSc1nccc(=O)[nH]1)Nc1ccc2c(c1)OC(F)(F)O2. The number of aromatic nitrogens is 2. The first-order valence-corrected chi connectivity index (χ1v) is 7.28. The van der Waals surface area contributed by atoms with Crippen LogP contribution < -0.4 is 20.3 Å². The highest BCUT2D eigenvalue weighted by Gasteiger charge is 2.43. The number of rotatable bonds is 4. The minimum atomic E-state index is -3.70. The lowest BCUT2D eigenvalue weighted by atomic mass is 10.3. The average molecular weight is 341 g/mol. The van der Waals surface area contributed by atoms with Crippen LogP contribution in [0.5, 0.6) is 11.5 Å². The fourth-order valence-corrected chi connectivity index (χ4v) is 2.43. The van der Waals surface area contributed by atoms with Crippen molar-refractivity contribution in [3.8, 4) is 11.5 Å². The second-order valence-corrected chi connectivity index (χ2v) is 5.37. The van der Waals surface area contributed by atoms with Gasteiger partial charge < -0.3 is 19.8 Å². The van der Waals surface area contributed by atoms with Gasteiger partial charge >= 0.3 is 6.29 Å². The maximum atomic E-state index is 12.9. The zero-order chi connectivity index (χ0) is 16.4. The van der Waals surface area contributed by atoms with Crippen LogP contribution in [0, 0.1) is 0 Å². The smallest absolute Gasteiger partial charge is 0.395 e. The maximum absolute atomic E-state index is 12.9. The number of benzene rings is 1. The Bertz CT molecular complexity index is 812. The largest absolute Gasteiger partial charge is 0.586 e. The summed E-state index contributed by atoms with van der Waals surface area (Å²) in [5.74, 6) is -0.674. The Hall–Kier alpha value is -2.62. The first-order chi connectivity index (χ1) is 10.9. The van der Waals surface area contributed by atoms with Crippen molar-refractivity contribution in [1.29, 1.82) is 0 Å². The van der Waals surface area contributed by atoms with Crippen molar-refractivity contribution in [2.45, 2.75) is 11.5 Å². The van der Waals surface area contributed by atoms with Crippen LogP contribution in [0.3, 0.4) is 0 Å². The van der Waals surface area contributed by atoms with E-state index in [1.165, 1.54) is 30.5 Å². The van der Waals surface area contributed by atoms with Crippen molar-refractivity contribution < 1.29 is 23.0 Å². The van der Waals surface area contributed by atoms with Crippen molar-refractivity contribution in [3.63, 3.8) is 0 Å². The molecule has 0 unspecified atom stereocenters. The molecule has 3 rings (SSSR count). The molecule has 1 aliphatic heterocycles. The molecule has 0 fully saturated rings. The number of nitrogens with one attached hydrogen (secondary N) is 2. The molecule has 1 aliphatic rings. The van der Waals surface area contributed by atoms with Crippen molar-refractivity contribution in [2.75, 3.05) is 11.1 Å². The van der Waals surface area contributed by atoms with Gasteiger partial charge in [-0.25, -0.2) is 4.98 Å². The third-order valence-corrected chi connectivity index (χ3v) is 3.56. The molecule has 23 heavy (non-hydrogen) atoms. The van der Waals surface area contributed by atoms with Gasteiger partial charge in [0, 0.05) is 24.0 Å². The summed E-state index contributed by atoms with van der Waals surface area (Å²) in [5.41, 5.74) is -0.0372. The number of halogens is 2. The van der Waals surface area contributed by atoms with Gasteiger partial charge in [-0.3, -0.25) is 9.59 Å². The van der Waals surface area contributed by atoms with Crippen LogP contribution in [0.1, 0.15) is 0 Å². The number of ether oxygens (including phenoxy) is 2. The number of thioether (sulfide) groups is 1. The summed E-state index contributed by atoms with van der Waals surface area (Å²) in [6.07, 6.45) is -2.37. The summed E-state index contributed by atoms with van der Waals surface area (Å²) < 4.78 is 34.4. The predicted octanol–water partition coefficient (Wildman–Crippen LogP) is 1.82. The highest BCUT2D eigenvalue weighted by atomic mass is 32.2. The minimum absolute atomic E-state index is 0.0163. The van der Waals surface area contributed by atoms with Crippen molar-refractivity contribution in [1.82, 2.24) is 9.97 Å². The number of carbonyl (C=O) groups excluding carboxylic acids is 1. The van der Waals surface area contributed by atoms with Crippen LogP contribution in [0.4, 0.5) is 14.5 Å². The summed E-state index contributed by atoms with van der Waals surface area (Å²) in [4.78, 5) is 29.3. The molecule has 10 heteroatoms. The van der Waals surface area contributed by atoms with E-state index < -0.39 is 12.2 Å². The number of aromatic amines is 1. The Morgan fingerprint density at radius 2 is 2.09 bits per heavy atom. The van der Waals surface area contributed by atoms with Gasteiger partial charge in [-0.05, 0) is 12.1 Å². The molecule has 7 nitrogen and oxygen atoms in total. The summed E-state index contributed by atoms with van der Waals surface area (Å²) in [7, 11) is 0. The Morgan fingerprint density at radius 3 is 2.87 bits per heavy atom. The van der Waals surface area contributed by atoms with E-state index in [4.69, 9.17) is 0 Å². The summed E-state index contributed by atoms with van der Waals surface area (Å²) >= 11 is 1.03. The van der Waals surface area contributed by atoms with Crippen molar-refractivity contribution in [3.05, 3.63) is 40.8 Å². The Balaban J connectivity index is 1.60. The fraction of sp³-hybridized carbons (Fsp3) is 0.154. The van der Waals surface area contributed by atoms with E-state index in [-0.39, 0.29) is 28.5 Å². The van der Waals surface area contributed by atoms with Crippen LogP contribution >= 0.6 is 11.8 Å².